The van der Waals surface area contributed by atoms with E-state index in [1.807, 2.05) is 0 Å². The summed E-state index contributed by atoms with van der Waals surface area (Å²) < 4.78 is 19.0. The molecule has 22 heavy (non-hydrogen) atoms. The quantitative estimate of drug-likeness (QED) is 0.376. The zero-order chi connectivity index (χ0) is 16.7. The van der Waals surface area contributed by atoms with Crippen LogP contribution >= 0.6 is 8.53 Å². The summed E-state index contributed by atoms with van der Waals surface area (Å²) in [5, 5.41) is 9.26. The van der Waals surface area contributed by atoms with Gasteiger partial charge in [0.2, 0.25) is 0 Å². The van der Waals surface area contributed by atoms with Gasteiger partial charge in [-0.3, -0.25) is 4.79 Å². The van der Waals surface area contributed by atoms with Gasteiger partial charge in [-0.15, -0.1) is 6.58 Å². The van der Waals surface area contributed by atoms with E-state index in [9.17, 15) is 9.90 Å². The van der Waals surface area contributed by atoms with Gasteiger partial charge in [-0.2, -0.15) is 0 Å². The van der Waals surface area contributed by atoms with Crippen LogP contribution in [-0.2, 0) is 18.6 Å². The Kier molecular flexibility index (Phi) is 8.50. The number of ether oxygens (including phenoxy) is 1. The van der Waals surface area contributed by atoms with Crippen LogP contribution in [0.25, 0.3) is 0 Å². The van der Waals surface area contributed by atoms with E-state index < -0.39 is 14.6 Å². The third-order valence-electron chi connectivity index (χ3n) is 3.37. The second kappa shape index (κ2) is 9.58. The number of esters is 1. The van der Waals surface area contributed by atoms with Crippen molar-refractivity contribution >= 4 is 14.5 Å². The Hall–Kier alpha value is -0.520. The summed E-state index contributed by atoms with van der Waals surface area (Å²) in [6.07, 6.45) is 1.49. The molecule has 1 fully saturated rings. The van der Waals surface area contributed by atoms with Gasteiger partial charge < -0.3 is 18.9 Å². The molecule has 0 amide bonds. The molecule has 0 aromatic carbocycles. The molecule has 1 heterocycles. The number of carbonyl (C=O) groups excluding carboxylic acids is 1. The minimum Gasteiger partial charge on any atom is -0.459 e. The van der Waals surface area contributed by atoms with Crippen LogP contribution in [0.3, 0.4) is 0 Å². The van der Waals surface area contributed by atoms with Crippen molar-refractivity contribution in [3.63, 3.8) is 0 Å². The van der Waals surface area contributed by atoms with E-state index in [0.717, 1.165) is 0 Å². The monoisotopic (exact) mass is 333 g/mol. The highest BCUT2D eigenvalue weighted by atomic mass is 31.2. The van der Waals surface area contributed by atoms with Crippen LogP contribution in [0.15, 0.2) is 12.7 Å². The van der Waals surface area contributed by atoms with Gasteiger partial charge in [0.25, 0.3) is 8.53 Å². The van der Waals surface area contributed by atoms with Gasteiger partial charge in [-0.05, 0) is 27.7 Å². The molecule has 0 aliphatic carbocycles. The number of cyclic esters (lactones) is 1. The predicted octanol–water partition coefficient (Wildman–Crippen LogP) is 2.48. The zero-order valence-corrected chi connectivity index (χ0v) is 14.8. The minimum atomic E-state index is -1.25. The van der Waals surface area contributed by atoms with Gasteiger partial charge in [0.1, 0.15) is 6.10 Å². The second-order valence-electron chi connectivity index (χ2n) is 5.86. The van der Waals surface area contributed by atoms with E-state index in [1.165, 1.54) is 0 Å². The van der Waals surface area contributed by atoms with Crippen molar-refractivity contribution in [1.29, 1.82) is 0 Å². The summed E-state index contributed by atoms with van der Waals surface area (Å²) in [6.45, 7) is 12.6. The predicted molar refractivity (Wildman–Crippen MR) is 86.2 cm³/mol. The Labute approximate surface area is 134 Å². The average Bonchev–Trinajstić information content (AvgIpc) is 2.80. The van der Waals surface area contributed by atoms with Gasteiger partial charge in [0, 0.05) is 18.0 Å². The number of hydrogen-bond acceptors (Lipinski definition) is 6. The smallest absolute Gasteiger partial charge is 0.306 e. The molecule has 0 bridgehead atoms. The maximum atomic E-state index is 11.4. The Morgan fingerprint density at radius 2 is 2.05 bits per heavy atom. The molecule has 128 valence electrons. The van der Waals surface area contributed by atoms with Crippen molar-refractivity contribution in [1.82, 2.24) is 4.67 Å². The third kappa shape index (κ3) is 5.60. The first-order chi connectivity index (χ1) is 10.4. The molecule has 1 unspecified atom stereocenters. The van der Waals surface area contributed by atoms with E-state index in [-0.39, 0.29) is 37.0 Å². The molecule has 0 saturated carbocycles. The van der Waals surface area contributed by atoms with E-state index in [4.69, 9.17) is 13.8 Å². The van der Waals surface area contributed by atoms with E-state index in [0.29, 0.717) is 13.2 Å². The first kappa shape index (κ1) is 19.5. The lowest BCUT2D eigenvalue weighted by molar-refractivity contribution is -0.142. The molecule has 0 radical (unpaired) electrons. The largest absolute Gasteiger partial charge is 0.459 e. The molecule has 0 spiro atoms. The van der Waals surface area contributed by atoms with Crippen LogP contribution in [0.4, 0.5) is 0 Å². The number of hydrogen-bond donors (Lipinski definition) is 1. The Morgan fingerprint density at radius 1 is 1.41 bits per heavy atom. The molecular weight excluding hydrogens is 305 g/mol. The number of nitrogens with zero attached hydrogens (tertiary/aromatic N) is 1. The Morgan fingerprint density at radius 3 is 2.55 bits per heavy atom. The van der Waals surface area contributed by atoms with Crippen LogP contribution in [0.1, 0.15) is 34.1 Å². The van der Waals surface area contributed by atoms with Crippen molar-refractivity contribution in [2.45, 2.75) is 52.3 Å². The minimum absolute atomic E-state index is 0.129. The fourth-order valence-electron chi connectivity index (χ4n) is 2.43. The molecule has 1 aliphatic heterocycles. The van der Waals surface area contributed by atoms with E-state index in [1.54, 1.807) is 6.08 Å². The summed E-state index contributed by atoms with van der Waals surface area (Å²) in [5.74, 6) is -0.412. The van der Waals surface area contributed by atoms with Gasteiger partial charge in [-0.1, -0.05) is 6.08 Å². The van der Waals surface area contributed by atoms with Gasteiger partial charge in [-0.25, -0.2) is 4.67 Å². The van der Waals surface area contributed by atoms with Gasteiger partial charge in [0.05, 0.1) is 26.2 Å². The molecule has 1 rings (SSSR count). The third-order valence-corrected chi connectivity index (χ3v) is 5.41. The standard InChI is InChI=1S/C15H28NO5P/c1-6-7-19-22(16(11(2)3)12(4)5)20-10-13-8-15(18)21-14(13)9-17/h6,11-14,17H,1,7-10H2,2-5H3/t13-,14-,22?/m1/s1. The van der Waals surface area contributed by atoms with Gasteiger partial charge in [0.15, 0.2) is 0 Å². The molecule has 3 atom stereocenters. The molecular formula is C15H28NO5P. The Bertz CT molecular complexity index is 356. The molecule has 7 heteroatoms. The van der Waals surface area contributed by atoms with Crippen LogP contribution in [0, 0.1) is 5.92 Å². The normalized spacial score (nSPS) is 23.4. The summed E-state index contributed by atoms with van der Waals surface area (Å²) in [4.78, 5) is 11.4. The maximum absolute atomic E-state index is 11.4. The van der Waals surface area contributed by atoms with Crippen LogP contribution in [0.5, 0.6) is 0 Å². The summed E-state index contributed by atoms with van der Waals surface area (Å²) in [6, 6.07) is 0.539. The first-order valence-electron chi connectivity index (χ1n) is 7.66. The number of rotatable bonds is 10. The Balaban J connectivity index is 2.67. The number of aliphatic hydroxyl groups excluding tert-OH is 1. The topological polar surface area (TPSA) is 68.2 Å². The maximum Gasteiger partial charge on any atom is 0.306 e. The SMILES string of the molecule is C=CCOP(OC[C@H]1CC(=O)O[C@@H]1CO)N(C(C)C)C(C)C. The lowest BCUT2D eigenvalue weighted by Crippen LogP contribution is -2.34. The lowest BCUT2D eigenvalue weighted by atomic mass is 10.0. The van der Waals surface area contributed by atoms with Crippen molar-refractivity contribution in [2.24, 2.45) is 5.92 Å². The van der Waals surface area contributed by atoms with Crippen molar-refractivity contribution in [3.8, 4) is 0 Å². The molecule has 0 aromatic heterocycles. The van der Waals surface area contributed by atoms with Gasteiger partial charge >= 0.3 is 5.97 Å². The highest BCUT2D eigenvalue weighted by Gasteiger charge is 2.36. The molecule has 0 aromatic rings. The van der Waals surface area contributed by atoms with Crippen molar-refractivity contribution in [3.05, 3.63) is 12.7 Å². The van der Waals surface area contributed by atoms with Crippen LogP contribution in [0.2, 0.25) is 0 Å². The van der Waals surface area contributed by atoms with Crippen LogP contribution < -0.4 is 0 Å². The number of carbonyl (C=O) groups is 1. The summed E-state index contributed by atoms with van der Waals surface area (Å²) in [5.41, 5.74) is 0. The lowest BCUT2D eigenvalue weighted by Gasteiger charge is -2.36. The highest BCUT2D eigenvalue weighted by molar-refractivity contribution is 7.44. The number of aliphatic hydroxyl groups is 1. The average molecular weight is 333 g/mol. The molecule has 1 saturated heterocycles. The van der Waals surface area contributed by atoms with E-state index in [2.05, 4.69) is 38.9 Å². The van der Waals surface area contributed by atoms with Crippen molar-refractivity contribution < 1.29 is 23.7 Å². The molecule has 1 aliphatic rings. The fourth-order valence-corrected chi connectivity index (χ4v) is 4.08. The fraction of sp³-hybridized carbons (Fsp3) is 0.800. The highest BCUT2D eigenvalue weighted by Crippen LogP contribution is 2.46. The molecule has 1 N–H and O–H groups in total. The second-order valence-corrected chi connectivity index (χ2v) is 7.31. The van der Waals surface area contributed by atoms with Crippen LogP contribution in [-0.4, -0.2) is 53.8 Å². The first-order valence-corrected chi connectivity index (χ1v) is 8.79. The van der Waals surface area contributed by atoms with Crippen molar-refractivity contribution in [2.75, 3.05) is 19.8 Å². The summed E-state index contributed by atoms with van der Waals surface area (Å²) >= 11 is 0. The molecule has 6 nitrogen and oxygen atoms in total. The van der Waals surface area contributed by atoms with E-state index >= 15 is 0 Å². The zero-order valence-electron chi connectivity index (χ0n) is 13.9. The summed E-state index contributed by atoms with van der Waals surface area (Å²) in [7, 11) is -1.25.